The molecule has 0 radical (unpaired) electrons. The Morgan fingerprint density at radius 1 is 0.711 bits per heavy atom. The molecule has 4 rings (SSSR count). The molecule has 0 saturated carbocycles. The minimum absolute atomic E-state index is 0.812. The van der Waals surface area contributed by atoms with Crippen molar-refractivity contribution in [1.82, 2.24) is 14.8 Å². The van der Waals surface area contributed by atoms with Crippen LogP contribution >= 0.6 is 0 Å². The minimum Gasteiger partial charge on any atom is -0.497 e. The number of hydrogen-bond donors (Lipinski definition) is 3. The maximum Gasteiger partial charge on any atom is 0.490 e. The Bertz CT molecular complexity index is 1150. The quantitative estimate of drug-likeness (QED) is 0.390. The molecule has 2 aliphatic rings. The van der Waals surface area contributed by atoms with Crippen molar-refractivity contribution in [2.45, 2.75) is 31.6 Å². The van der Waals surface area contributed by atoms with Crippen LogP contribution in [0, 0.1) is 11.8 Å². The van der Waals surface area contributed by atoms with Crippen molar-refractivity contribution in [2.75, 3.05) is 33.3 Å². The Labute approximate surface area is 249 Å². The minimum atomic E-state index is -5.08. The van der Waals surface area contributed by atoms with Gasteiger partial charge in [0.1, 0.15) is 5.75 Å². The average molecular weight is 666 g/mol. The molecule has 10 nitrogen and oxygen atoms in total. The topological polar surface area (TPSA) is 140 Å². The number of hydrogen-bond acceptors (Lipinski definition) is 7. The number of nitrogens with zero attached hydrogens (tertiary/aromatic N) is 3. The molecule has 252 valence electrons. The Kier molecular flexibility index (Phi) is 14.5. The standard InChI is InChI=1S/C20H25N3O.3C2HF3O2/c1-24-20-7-5-16(6-8-20)10-22-11-17-13-23(14-18(17)12-22)15-19-4-2-3-9-21-19;3*3-2(4,5)1(6)7/h2-9,17-18H,10-15H2,1H3;3*(H,6,7). The number of aliphatic carboxylic acids is 3. The molecule has 0 spiro atoms. The highest BCUT2D eigenvalue weighted by Crippen LogP contribution is 2.32. The number of fused-ring (bicyclic) bond motifs is 1. The molecule has 3 N–H and O–H groups in total. The second kappa shape index (κ2) is 16.8. The van der Waals surface area contributed by atoms with Gasteiger partial charge in [-0.3, -0.25) is 14.8 Å². The molecule has 45 heavy (non-hydrogen) atoms. The van der Waals surface area contributed by atoms with E-state index >= 15 is 0 Å². The highest BCUT2D eigenvalue weighted by atomic mass is 19.4. The fourth-order valence-corrected chi connectivity index (χ4v) is 4.16. The predicted octanol–water partition coefficient (Wildman–Crippen LogP) is 4.55. The van der Waals surface area contributed by atoms with Crippen LogP contribution < -0.4 is 4.74 Å². The van der Waals surface area contributed by atoms with E-state index in [0.717, 1.165) is 30.7 Å². The van der Waals surface area contributed by atoms with Gasteiger partial charge in [-0.25, -0.2) is 14.4 Å². The highest BCUT2D eigenvalue weighted by Gasteiger charge is 2.40. The molecule has 0 bridgehead atoms. The van der Waals surface area contributed by atoms with E-state index in [4.69, 9.17) is 34.4 Å². The summed E-state index contributed by atoms with van der Waals surface area (Å²) in [7, 11) is 1.72. The summed E-state index contributed by atoms with van der Waals surface area (Å²) in [6.07, 6.45) is -13.4. The smallest absolute Gasteiger partial charge is 0.490 e. The molecule has 2 saturated heterocycles. The maximum atomic E-state index is 10.6. The van der Waals surface area contributed by atoms with Gasteiger partial charge in [0.15, 0.2) is 0 Å². The van der Waals surface area contributed by atoms with E-state index in [-0.39, 0.29) is 0 Å². The fourth-order valence-electron chi connectivity index (χ4n) is 4.16. The van der Waals surface area contributed by atoms with Gasteiger partial charge in [0.2, 0.25) is 0 Å². The van der Waals surface area contributed by atoms with E-state index in [9.17, 15) is 39.5 Å². The molecule has 2 atom stereocenters. The molecule has 2 unspecified atom stereocenters. The number of alkyl halides is 9. The lowest BCUT2D eigenvalue weighted by Crippen LogP contribution is -2.28. The third-order valence-corrected chi connectivity index (χ3v) is 6.04. The number of carboxylic acid groups (broad SMARTS) is 3. The van der Waals surface area contributed by atoms with Crippen molar-refractivity contribution in [2.24, 2.45) is 11.8 Å². The molecule has 1 aromatic heterocycles. The summed E-state index contributed by atoms with van der Waals surface area (Å²) in [6.45, 7) is 6.90. The van der Waals surface area contributed by atoms with Gasteiger partial charge in [-0.15, -0.1) is 0 Å². The number of benzene rings is 1. The van der Waals surface area contributed by atoms with E-state index in [1.54, 1.807) is 7.11 Å². The van der Waals surface area contributed by atoms with Crippen LogP contribution in [-0.4, -0.2) is 99.8 Å². The summed E-state index contributed by atoms with van der Waals surface area (Å²) in [5.41, 5.74) is 2.56. The van der Waals surface area contributed by atoms with E-state index in [1.807, 2.05) is 12.3 Å². The number of likely N-dealkylation sites (tertiary alicyclic amines) is 2. The third-order valence-electron chi connectivity index (χ3n) is 6.04. The first-order valence-corrected chi connectivity index (χ1v) is 12.5. The number of pyridine rings is 1. The van der Waals surface area contributed by atoms with Gasteiger partial charge in [-0.2, -0.15) is 39.5 Å². The van der Waals surface area contributed by atoms with Crippen molar-refractivity contribution < 1.29 is 74.0 Å². The van der Waals surface area contributed by atoms with Crippen molar-refractivity contribution in [3.05, 3.63) is 59.9 Å². The zero-order chi connectivity index (χ0) is 34.6. The van der Waals surface area contributed by atoms with Gasteiger partial charge in [0.25, 0.3) is 0 Å². The Balaban J connectivity index is 0.000000396. The van der Waals surface area contributed by atoms with Crippen LogP contribution in [0.4, 0.5) is 39.5 Å². The van der Waals surface area contributed by atoms with Crippen LogP contribution in [0.15, 0.2) is 48.7 Å². The zero-order valence-corrected chi connectivity index (χ0v) is 23.2. The molecule has 2 aliphatic heterocycles. The number of carboxylic acids is 3. The average Bonchev–Trinajstić information content (AvgIpc) is 3.47. The second-order valence-electron chi connectivity index (χ2n) is 9.49. The molecule has 3 heterocycles. The highest BCUT2D eigenvalue weighted by molar-refractivity contribution is 5.73. The summed E-state index contributed by atoms with van der Waals surface area (Å²) in [4.78, 5) is 36.3. The third kappa shape index (κ3) is 14.9. The summed E-state index contributed by atoms with van der Waals surface area (Å²) >= 11 is 0. The van der Waals surface area contributed by atoms with Gasteiger partial charge < -0.3 is 20.1 Å². The van der Waals surface area contributed by atoms with Crippen molar-refractivity contribution in [1.29, 1.82) is 0 Å². The van der Waals surface area contributed by atoms with Gasteiger partial charge in [-0.1, -0.05) is 18.2 Å². The van der Waals surface area contributed by atoms with Crippen LogP contribution in [-0.2, 0) is 27.5 Å². The van der Waals surface area contributed by atoms with E-state index in [1.165, 1.54) is 37.4 Å². The summed E-state index contributed by atoms with van der Waals surface area (Å²) in [5, 5.41) is 21.4. The van der Waals surface area contributed by atoms with Crippen molar-refractivity contribution in [3.8, 4) is 5.75 Å². The maximum absolute atomic E-state index is 10.6. The predicted molar refractivity (Wildman–Crippen MR) is 136 cm³/mol. The van der Waals surface area contributed by atoms with Crippen molar-refractivity contribution in [3.63, 3.8) is 0 Å². The van der Waals surface area contributed by atoms with Gasteiger partial charge in [-0.05, 0) is 41.7 Å². The van der Waals surface area contributed by atoms with Gasteiger partial charge in [0.05, 0.1) is 12.8 Å². The van der Waals surface area contributed by atoms with Crippen LogP contribution in [0.5, 0.6) is 5.75 Å². The Morgan fingerprint density at radius 3 is 1.40 bits per heavy atom. The Hall–Kier alpha value is -4.13. The van der Waals surface area contributed by atoms with Gasteiger partial charge in [0, 0.05) is 45.5 Å². The van der Waals surface area contributed by atoms with E-state index in [0.29, 0.717) is 0 Å². The number of aromatic nitrogens is 1. The normalized spacial score (nSPS) is 18.2. The number of halogens is 9. The number of ether oxygens (including phenoxy) is 1. The summed E-state index contributed by atoms with van der Waals surface area (Å²) in [6, 6.07) is 14.7. The molecule has 19 heteroatoms. The van der Waals surface area contributed by atoms with Crippen LogP contribution in [0.25, 0.3) is 0 Å². The van der Waals surface area contributed by atoms with E-state index in [2.05, 4.69) is 51.2 Å². The first-order valence-electron chi connectivity index (χ1n) is 12.5. The molecular formula is C26H28F9N3O7. The number of rotatable bonds is 5. The monoisotopic (exact) mass is 665 g/mol. The first-order chi connectivity index (χ1) is 20.6. The van der Waals surface area contributed by atoms with Crippen LogP contribution in [0.2, 0.25) is 0 Å². The fraction of sp³-hybridized carbons (Fsp3) is 0.462. The lowest BCUT2D eigenvalue weighted by molar-refractivity contribution is -0.193. The van der Waals surface area contributed by atoms with Crippen LogP contribution in [0.1, 0.15) is 11.3 Å². The summed E-state index contributed by atoms with van der Waals surface area (Å²) < 4.78 is 100. The Morgan fingerprint density at radius 2 is 1.09 bits per heavy atom. The van der Waals surface area contributed by atoms with Gasteiger partial charge >= 0.3 is 36.4 Å². The zero-order valence-electron chi connectivity index (χ0n) is 23.2. The molecule has 0 aliphatic carbocycles. The number of carbonyl (C=O) groups is 3. The van der Waals surface area contributed by atoms with Crippen molar-refractivity contribution >= 4 is 17.9 Å². The van der Waals surface area contributed by atoms with E-state index < -0.39 is 36.4 Å². The molecule has 2 aromatic rings. The number of methoxy groups -OCH3 is 1. The second-order valence-corrected chi connectivity index (χ2v) is 9.49. The van der Waals surface area contributed by atoms with Crippen LogP contribution in [0.3, 0.4) is 0 Å². The molecular weight excluding hydrogens is 637 g/mol. The largest absolute Gasteiger partial charge is 0.497 e. The lowest BCUT2D eigenvalue weighted by atomic mass is 10.0. The SMILES string of the molecule is COc1ccc(CN2CC3CN(Cc4ccccn4)CC3C2)cc1.O=C(O)C(F)(F)F.O=C(O)C(F)(F)F.O=C(O)C(F)(F)F. The molecule has 0 amide bonds. The molecule has 1 aromatic carbocycles. The molecule has 2 fully saturated rings. The lowest BCUT2D eigenvalue weighted by Gasteiger charge is -2.21. The first kappa shape index (κ1) is 38.9. The summed E-state index contributed by atoms with van der Waals surface area (Å²) in [5.74, 6) is -5.71.